The normalized spacial score (nSPS) is 28.5. The average Bonchev–Trinajstić information content (AvgIpc) is 2.94. The van der Waals surface area contributed by atoms with E-state index in [4.69, 9.17) is 9.15 Å². The number of fused-ring (bicyclic) bond motifs is 1. The summed E-state index contributed by atoms with van der Waals surface area (Å²) in [5, 5.41) is 3.18. The van der Waals surface area contributed by atoms with Gasteiger partial charge in [0.1, 0.15) is 16.4 Å². The van der Waals surface area contributed by atoms with Crippen molar-refractivity contribution in [2.75, 3.05) is 26.2 Å². The average molecular weight is 286 g/mol. The maximum atomic E-state index is 12.7. The molecule has 19 heavy (non-hydrogen) atoms. The third kappa shape index (κ3) is 2.10. The molecular formula is C12H18N2O4S. The van der Waals surface area contributed by atoms with Crippen molar-refractivity contribution in [1.29, 1.82) is 0 Å². The molecule has 0 amide bonds. The SMILES string of the molecule is Cc1cc(S(=O)(=O)N2CCO[C@H]3CNC[C@H]32)c(C)o1. The van der Waals surface area contributed by atoms with E-state index in [1.54, 1.807) is 24.2 Å². The zero-order valence-corrected chi connectivity index (χ0v) is 11.9. The molecule has 2 aliphatic heterocycles. The standard InChI is InChI=1S/C12H18N2O4S/c1-8-5-12(9(2)18-8)19(15,16)14-3-4-17-11-7-13-6-10(11)14/h5,10-11,13H,3-4,6-7H2,1-2H3/t10-,11+/m1/s1. The quantitative estimate of drug-likeness (QED) is 0.844. The summed E-state index contributed by atoms with van der Waals surface area (Å²) in [5.74, 6) is 1.07. The van der Waals surface area contributed by atoms with Gasteiger partial charge >= 0.3 is 0 Å². The number of nitrogens with zero attached hydrogens (tertiary/aromatic N) is 1. The summed E-state index contributed by atoms with van der Waals surface area (Å²) in [5.41, 5.74) is 0. The molecule has 3 heterocycles. The van der Waals surface area contributed by atoms with Gasteiger partial charge in [0.2, 0.25) is 10.0 Å². The summed E-state index contributed by atoms with van der Waals surface area (Å²) in [6.07, 6.45) is -0.0446. The molecule has 6 nitrogen and oxygen atoms in total. The highest BCUT2D eigenvalue weighted by molar-refractivity contribution is 7.89. The second kappa shape index (κ2) is 4.59. The van der Waals surface area contributed by atoms with Crippen LogP contribution >= 0.6 is 0 Å². The maximum Gasteiger partial charge on any atom is 0.247 e. The van der Waals surface area contributed by atoms with E-state index in [1.165, 1.54) is 0 Å². The first-order chi connectivity index (χ1) is 9.00. The molecule has 3 rings (SSSR count). The molecule has 1 aromatic heterocycles. The van der Waals surface area contributed by atoms with Crippen molar-refractivity contribution >= 4 is 10.0 Å². The van der Waals surface area contributed by atoms with Crippen LogP contribution < -0.4 is 5.32 Å². The first-order valence-electron chi connectivity index (χ1n) is 6.41. The van der Waals surface area contributed by atoms with Crippen molar-refractivity contribution in [2.24, 2.45) is 0 Å². The molecule has 1 N–H and O–H groups in total. The molecule has 0 aliphatic carbocycles. The molecule has 2 saturated heterocycles. The highest BCUT2D eigenvalue weighted by Crippen LogP contribution is 2.28. The number of rotatable bonds is 2. The smallest absolute Gasteiger partial charge is 0.247 e. The van der Waals surface area contributed by atoms with Gasteiger partial charge in [0, 0.05) is 19.6 Å². The minimum absolute atomic E-state index is 0.0446. The number of morpholine rings is 1. The van der Waals surface area contributed by atoms with Crippen LogP contribution in [0.15, 0.2) is 15.4 Å². The summed E-state index contributed by atoms with van der Waals surface area (Å²) in [6, 6.07) is 1.48. The van der Waals surface area contributed by atoms with Gasteiger partial charge in [0.25, 0.3) is 0 Å². The van der Waals surface area contributed by atoms with Crippen LogP contribution in [0, 0.1) is 13.8 Å². The van der Waals surface area contributed by atoms with Crippen LogP contribution in [0.2, 0.25) is 0 Å². The van der Waals surface area contributed by atoms with Crippen LogP contribution in [-0.4, -0.2) is 51.1 Å². The van der Waals surface area contributed by atoms with Crippen molar-refractivity contribution in [3.8, 4) is 0 Å². The number of nitrogens with one attached hydrogen (secondary N) is 1. The molecule has 1 aromatic rings. The van der Waals surface area contributed by atoms with Crippen molar-refractivity contribution in [3.05, 3.63) is 17.6 Å². The molecule has 0 spiro atoms. The van der Waals surface area contributed by atoms with Crippen LogP contribution in [0.4, 0.5) is 0 Å². The van der Waals surface area contributed by atoms with Crippen molar-refractivity contribution < 1.29 is 17.6 Å². The number of ether oxygens (including phenoxy) is 1. The minimum atomic E-state index is -3.51. The highest BCUT2D eigenvalue weighted by atomic mass is 32.2. The topological polar surface area (TPSA) is 71.8 Å². The molecule has 0 unspecified atom stereocenters. The number of furan rings is 1. The third-order valence-electron chi connectivity index (χ3n) is 3.72. The van der Waals surface area contributed by atoms with Gasteiger partial charge in [-0.2, -0.15) is 4.31 Å². The van der Waals surface area contributed by atoms with Gasteiger partial charge in [-0.3, -0.25) is 0 Å². The van der Waals surface area contributed by atoms with E-state index in [0.29, 0.717) is 37.8 Å². The molecule has 0 bridgehead atoms. The molecule has 106 valence electrons. The van der Waals surface area contributed by atoms with E-state index in [1.807, 2.05) is 0 Å². The number of sulfonamides is 1. The first kappa shape index (κ1) is 13.1. The lowest BCUT2D eigenvalue weighted by atomic mass is 10.2. The molecule has 2 fully saturated rings. The van der Waals surface area contributed by atoms with E-state index < -0.39 is 10.0 Å². The van der Waals surface area contributed by atoms with E-state index in [9.17, 15) is 8.42 Å². The Kier molecular flexibility index (Phi) is 3.17. The predicted molar refractivity (Wildman–Crippen MR) is 68.5 cm³/mol. The van der Waals surface area contributed by atoms with Crippen LogP contribution in [0.3, 0.4) is 0 Å². The monoisotopic (exact) mass is 286 g/mol. The van der Waals surface area contributed by atoms with Gasteiger partial charge in [-0.25, -0.2) is 8.42 Å². The summed E-state index contributed by atoms with van der Waals surface area (Å²) in [4.78, 5) is 0.276. The van der Waals surface area contributed by atoms with E-state index >= 15 is 0 Å². The van der Waals surface area contributed by atoms with Crippen molar-refractivity contribution in [2.45, 2.75) is 30.9 Å². The van der Waals surface area contributed by atoms with Gasteiger partial charge in [-0.05, 0) is 19.9 Å². The Morgan fingerprint density at radius 3 is 2.84 bits per heavy atom. The van der Waals surface area contributed by atoms with Crippen LogP contribution in [0.25, 0.3) is 0 Å². The number of aryl methyl sites for hydroxylation is 2. The Hall–Kier alpha value is -0.890. The zero-order chi connectivity index (χ0) is 13.6. The van der Waals surface area contributed by atoms with Crippen LogP contribution in [0.5, 0.6) is 0 Å². The van der Waals surface area contributed by atoms with Gasteiger partial charge in [-0.15, -0.1) is 0 Å². The van der Waals surface area contributed by atoms with Gasteiger partial charge in [-0.1, -0.05) is 0 Å². The molecule has 2 atom stereocenters. The Balaban J connectivity index is 1.97. The number of hydrogen-bond acceptors (Lipinski definition) is 5. The Morgan fingerprint density at radius 2 is 2.16 bits per heavy atom. The fourth-order valence-electron chi connectivity index (χ4n) is 2.85. The second-order valence-corrected chi connectivity index (χ2v) is 6.89. The maximum absolute atomic E-state index is 12.7. The van der Waals surface area contributed by atoms with Gasteiger partial charge in [0.15, 0.2) is 0 Å². The second-order valence-electron chi connectivity index (χ2n) is 5.03. The molecular weight excluding hydrogens is 268 g/mol. The van der Waals surface area contributed by atoms with Crippen molar-refractivity contribution in [3.63, 3.8) is 0 Å². The lowest BCUT2D eigenvalue weighted by Gasteiger charge is -2.35. The van der Waals surface area contributed by atoms with Crippen molar-refractivity contribution in [1.82, 2.24) is 9.62 Å². The Bertz CT molecular complexity index is 581. The van der Waals surface area contributed by atoms with Gasteiger partial charge < -0.3 is 14.5 Å². The number of hydrogen-bond donors (Lipinski definition) is 1. The molecule has 7 heteroatoms. The summed E-state index contributed by atoms with van der Waals surface area (Å²) >= 11 is 0. The van der Waals surface area contributed by atoms with E-state index in [2.05, 4.69) is 5.32 Å². The highest BCUT2D eigenvalue weighted by Gasteiger charge is 2.43. The van der Waals surface area contributed by atoms with E-state index in [0.717, 1.165) is 0 Å². The van der Waals surface area contributed by atoms with E-state index in [-0.39, 0.29) is 17.0 Å². The zero-order valence-electron chi connectivity index (χ0n) is 11.0. The Labute approximate surface area is 112 Å². The minimum Gasteiger partial charge on any atom is -0.465 e. The summed E-state index contributed by atoms with van der Waals surface area (Å²) in [7, 11) is -3.51. The van der Waals surface area contributed by atoms with Crippen LogP contribution in [0.1, 0.15) is 11.5 Å². The fourth-order valence-corrected chi connectivity index (χ4v) is 4.70. The molecule has 0 aromatic carbocycles. The largest absolute Gasteiger partial charge is 0.465 e. The molecule has 0 saturated carbocycles. The lowest BCUT2D eigenvalue weighted by Crippen LogP contribution is -2.53. The van der Waals surface area contributed by atoms with Crippen LogP contribution in [-0.2, 0) is 14.8 Å². The fraction of sp³-hybridized carbons (Fsp3) is 0.667. The summed E-state index contributed by atoms with van der Waals surface area (Å²) in [6.45, 7) is 5.63. The first-order valence-corrected chi connectivity index (χ1v) is 7.85. The van der Waals surface area contributed by atoms with Gasteiger partial charge in [0.05, 0.1) is 18.8 Å². The molecule has 2 aliphatic rings. The predicted octanol–water partition coefficient (Wildman–Crippen LogP) is 0.258. The lowest BCUT2D eigenvalue weighted by molar-refractivity contribution is -0.0149. The Morgan fingerprint density at radius 1 is 1.37 bits per heavy atom. The molecule has 0 radical (unpaired) electrons. The third-order valence-corrected chi connectivity index (χ3v) is 5.76. The summed E-state index contributed by atoms with van der Waals surface area (Å²) < 4.78 is 38.0.